The average molecular weight is 421 g/mol. The zero-order chi connectivity index (χ0) is 20.1. The Bertz CT molecular complexity index is 906. The van der Waals surface area contributed by atoms with Gasteiger partial charge >= 0.3 is 0 Å². The lowest BCUT2D eigenvalue weighted by Gasteiger charge is -2.30. The van der Waals surface area contributed by atoms with Gasteiger partial charge in [0.1, 0.15) is 6.54 Å². The monoisotopic (exact) mass is 420 g/mol. The van der Waals surface area contributed by atoms with Gasteiger partial charge in [0.05, 0.1) is 23.8 Å². The number of amides is 1. The van der Waals surface area contributed by atoms with E-state index in [-0.39, 0.29) is 17.3 Å². The molecular weight excluding hydrogens is 396 g/mol. The van der Waals surface area contributed by atoms with E-state index in [0.29, 0.717) is 32.0 Å². The van der Waals surface area contributed by atoms with Crippen molar-refractivity contribution in [3.8, 4) is 0 Å². The molecule has 0 N–H and O–H groups in total. The third kappa shape index (κ3) is 4.68. The maximum atomic E-state index is 13.4. The summed E-state index contributed by atoms with van der Waals surface area (Å²) >= 11 is 1.54. The number of anilines is 1. The van der Waals surface area contributed by atoms with Crippen LogP contribution in [-0.4, -0.2) is 58.3 Å². The number of carbonyl (C=O) groups is 1. The van der Waals surface area contributed by atoms with Crippen molar-refractivity contribution in [2.45, 2.75) is 16.7 Å². The average Bonchev–Trinajstić information content (AvgIpc) is 2.73. The summed E-state index contributed by atoms with van der Waals surface area (Å²) in [6.07, 6.45) is 1.93. The van der Waals surface area contributed by atoms with Gasteiger partial charge in [-0.15, -0.1) is 11.8 Å². The van der Waals surface area contributed by atoms with Gasteiger partial charge in [-0.1, -0.05) is 17.7 Å². The Morgan fingerprint density at radius 2 is 1.68 bits per heavy atom. The van der Waals surface area contributed by atoms with Crippen molar-refractivity contribution in [3.63, 3.8) is 0 Å². The number of thioether (sulfide) groups is 1. The molecule has 0 atom stereocenters. The Morgan fingerprint density at radius 1 is 1.07 bits per heavy atom. The molecule has 0 aliphatic carbocycles. The molecule has 8 heteroatoms. The van der Waals surface area contributed by atoms with Gasteiger partial charge in [-0.25, -0.2) is 8.42 Å². The predicted molar refractivity (Wildman–Crippen MR) is 111 cm³/mol. The molecule has 0 unspecified atom stereocenters. The van der Waals surface area contributed by atoms with E-state index < -0.39 is 10.0 Å². The van der Waals surface area contributed by atoms with E-state index in [1.54, 1.807) is 53.1 Å². The molecule has 0 aromatic heterocycles. The number of aryl methyl sites for hydroxylation is 1. The van der Waals surface area contributed by atoms with Gasteiger partial charge in [-0.2, -0.15) is 0 Å². The number of hydrogen-bond donors (Lipinski definition) is 0. The van der Waals surface area contributed by atoms with Gasteiger partial charge < -0.3 is 9.64 Å². The van der Waals surface area contributed by atoms with E-state index >= 15 is 0 Å². The highest BCUT2D eigenvalue weighted by molar-refractivity contribution is 7.98. The number of carbonyl (C=O) groups excluding carboxylic acids is 1. The molecule has 1 heterocycles. The number of nitrogens with zero attached hydrogens (tertiary/aromatic N) is 2. The normalized spacial score (nSPS) is 14.7. The Labute approximate surface area is 170 Å². The molecule has 1 aliphatic rings. The third-order valence-corrected chi connectivity index (χ3v) is 7.14. The van der Waals surface area contributed by atoms with E-state index in [2.05, 4.69) is 0 Å². The molecule has 0 saturated carbocycles. The van der Waals surface area contributed by atoms with Crippen LogP contribution in [0.4, 0.5) is 5.69 Å². The molecule has 2 aromatic carbocycles. The fourth-order valence-corrected chi connectivity index (χ4v) is 4.76. The highest BCUT2D eigenvalue weighted by Gasteiger charge is 2.29. The Morgan fingerprint density at radius 3 is 2.25 bits per heavy atom. The van der Waals surface area contributed by atoms with Crippen LogP contribution in [0.2, 0.25) is 0 Å². The first-order chi connectivity index (χ1) is 13.4. The molecule has 1 amide bonds. The van der Waals surface area contributed by atoms with E-state index in [9.17, 15) is 13.2 Å². The van der Waals surface area contributed by atoms with Crippen LogP contribution in [0.25, 0.3) is 0 Å². The highest BCUT2D eigenvalue weighted by atomic mass is 32.2. The number of hydrogen-bond acceptors (Lipinski definition) is 5. The van der Waals surface area contributed by atoms with Gasteiger partial charge in [0.2, 0.25) is 5.91 Å². The molecule has 1 fully saturated rings. The van der Waals surface area contributed by atoms with Crippen LogP contribution in [0.15, 0.2) is 58.3 Å². The van der Waals surface area contributed by atoms with E-state index in [4.69, 9.17) is 4.74 Å². The fraction of sp³-hybridized carbons (Fsp3) is 0.350. The largest absolute Gasteiger partial charge is 0.378 e. The maximum absolute atomic E-state index is 13.4. The molecule has 2 aromatic rings. The van der Waals surface area contributed by atoms with E-state index in [1.807, 2.05) is 25.3 Å². The number of sulfonamides is 1. The summed E-state index contributed by atoms with van der Waals surface area (Å²) < 4.78 is 33.2. The van der Waals surface area contributed by atoms with Gasteiger partial charge in [0.25, 0.3) is 10.0 Å². The lowest BCUT2D eigenvalue weighted by Crippen LogP contribution is -2.47. The second kappa shape index (κ2) is 8.98. The van der Waals surface area contributed by atoms with Crippen molar-refractivity contribution in [1.29, 1.82) is 0 Å². The van der Waals surface area contributed by atoms with Crippen LogP contribution >= 0.6 is 11.8 Å². The maximum Gasteiger partial charge on any atom is 0.264 e. The Hall–Kier alpha value is -2.03. The van der Waals surface area contributed by atoms with Crippen LogP contribution in [0.1, 0.15) is 5.56 Å². The number of ether oxygens (including phenoxy) is 1. The first kappa shape index (κ1) is 20.7. The SMILES string of the molecule is CSc1ccc(S(=O)(=O)N(CC(=O)N2CCOCC2)c2ccc(C)cc2)cc1. The van der Waals surface area contributed by atoms with Crippen LogP contribution in [0, 0.1) is 6.92 Å². The Balaban J connectivity index is 1.94. The summed E-state index contributed by atoms with van der Waals surface area (Å²) in [5.74, 6) is -0.229. The van der Waals surface area contributed by atoms with Crippen molar-refractivity contribution in [3.05, 3.63) is 54.1 Å². The Kier molecular flexibility index (Phi) is 6.64. The number of rotatable bonds is 6. The van der Waals surface area contributed by atoms with Crippen molar-refractivity contribution in [2.75, 3.05) is 43.4 Å². The van der Waals surface area contributed by atoms with Crippen LogP contribution in [0.3, 0.4) is 0 Å². The van der Waals surface area contributed by atoms with Gasteiger partial charge in [-0.3, -0.25) is 9.10 Å². The predicted octanol–water partition coefficient (Wildman–Crippen LogP) is 2.77. The standard InChI is InChI=1S/C20H24N2O4S2/c1-16-3-5-17(6-4-16)22(15-20(23)21-11-13-26-14-12-21)28(24,25)19-9-7-18(27-2)8-10-19/h3-10H,11-15H2,1-2H3. The fourth-order valence-electron chi connectivity index (χ4n) is 2.94. The molecule has 1 aliphatic heterocycles. The first-order valence-corrected chi connectivity index (χ1v) is 11.7. The van der Waals surface area contributed by atoms with Crippen LogP contribution in [-0.2, 0) is 19.6 Å². The number of morpholine rings is 1. The molecule has 0 bridgehead atoms. The summed E-state index contributed by atoms with van der Waals surface area (Å²) in [4.78, 5) is 15.6. The van der Waals surface area contributed by atoms with E-state index in [0.717, 1.165) is 10.5 Å². The molecule has 0 radical (unpaired) electrons. The van der Waals surface area contributed by atoms with Crippen molar-refractivity contribution in [2.24, 2.45) is 0 Å². The van der Waals surface area contributed by atoms with Crippen molar-refractivity contribution >= 4 is 33.4 Å². The molecular formula is C20H24N2O4S2. The zero-order valence-electron chi connectivity index (χ0n) is 16.0. The summed E-state index contributed by atoms with van der Waals surface area (Å²) in [6, 6.07) is 13.9. The lowest BCUT2D eigenvalue weighted by atomic mass is 10.2. The molecule has 0 spiro atoms. The second-order valence-electron chi connectivity index (χ2n) is 6.52. The summed E-state index contributed by atoms with van der Waals surface area (Å²) in [5, 5.41) is 0. The molecule has 6 nitrogen and oxygen atoms in total. The third-order valence-electron chi connectivity index (χ3n) is 4.61. The zero-order valence-corrected chi connectivity index (χ0v) is 17.6. The first-order valence-electron chi connectivity index (χ1n) is 9.01. The summed E-state index contributed by atoms with van der Waals surface area (Å²) in [7, 11) is -3.88. The molecule has 1 saturated heterocycles. The minimum Gasteiger partial charge on any atom is -0.378 e. The minimum atomic E-state index is -3.88. The van der Waals surface area contributed by atoms with Crippen molar-refractivity contribution < 1.29 is 17.9 Å². The van der Waals surface area contributed by atoms with Gasteiger partial charge in [0, 0.05) is 18.0 Å². The van der Waals surface area contributed by atoms with Crippen LogP contribution in [0.5, 0.6) is 0 Å². The summed E-state index contributed by atoms with van der Waals surface area (Å²) in [5.41, 5.74) is 1.49. The van der Waals surface area contributed by atoms with Gasteiger partial charge in [0.15, 0.2) is 0 Å². The quantitative estimate of drug-likeness (QED) is 0.673. The van der Waals surface area contributed by atoms with Crippen molar-refractivity contribution in [1.82, 2.24) is 4.90 Å². The second-order valence-corrected chi connectivity index (χ2v) is 9.26. The highest BCUT2D eigenvalue weighted by Crippen LogP contribution is 2.26. The van der Waals surface area contributed by atoms with Crippen LogP contribution < -0.4 is 4.31 Å². The lowest BCUT2D eigenvalue weighted by molar-refractivity contribution is -0.133. The van der Waals surface area contributed by atoms with E-state index in [1.165, 1.54) is 4.31 Å². The summed E-state index contributed by atoms with van der Waals surface area (Å²) in [6.45, 7) is 3.59. The van der Waals surface area contributed by atoms with Gasteiger partial charge in [-0.05, 0) is 49.6 Å². The molecule has 3 rings (SSSR count). The molecule has 28 heavy (non-hydrogen) atoms. The topological polar surface area (TPSA) is 66.9 Å². The smallest absolute Gasteiger partial charge is 0.264 e. The molecule has 150 valence electrons. The minimum absolute atomic E-state index is 0.167. The number of benzene rings is 2.